The molecule has 0 rings (SSSR count). The van der Waals surface area contributed by atoms with Crippen molar-refractivity contribution in [3.63, 3.8) is 0 Å². The fourth-order valence-electron chi connectivity index (χ4n) is 0.304. The van der Waals surface area contributed by atoms with E-state index in [1.165, 1.54) is 0 Å². The Kier molecular flexibility index (Phi) is 5.44. The van der Waals surface area contributed by atoms with Gasteiger partial charge in [0.15, 0.2) is 0 Å². The van der Waals surface area contributed by atoms with Gasteiger partial charge in [0, 0.05) is 0 Å². The molecule has 0 spiro atoms. The number of carboxylic acids is 1. The van der Waals surface area contributed by atoms with Crippen molar-refractivity contribution in [3.05, 3.63) is 0 Å². The zero-order valence-corrected chi connectivity index (χ0v) is 5.11. The van der Waals surface area contributed by atoms with Crippen LogP contribution in [0.15, 0.2) is 0 Å². The van der Waals surface area contributed by atoms with Crippen molar-refractivity contribution in [2.24, 2.45) is 11.5 Å². The van der Waals surface area contributed by atoms with E-state index in [1.807, 2.05) is 0 Å². The van der Waals surface area contributed by atoms with Crippen molar-refractivity contribution in [1.82, 2.24) is 0 Å². The van der Waals surface area contributed by atoms with E-state index in [9.17, 15) is 9.59 Å². The summed E-state index contributed by atoms with van der Waals surface area (Å²) in [6.07, 6.45) is -0.310. The summed E-state index contributed by atoms with van der Waals surface area (Å²) in [5.41, 5.74) is 9.57. The molecule has 5 nitrogen and oxygen atoms in total. The van der Waals surface area contributed by atoms with Crippen LogP contribution in [0.2, 0.25) is 0 Å². The Morgan fingerprint density at radius 1 is 1.50 bits per heavy atom. The Morgan fingerprint density at radius 3 is 2.00 bits per heavy atom. The minimum atomic E-state index is -1.21. The molecule has 0 aliphatic rings. The topological polar surface area (TPSA) is 106 Å². The van der Waals surface area contributed by atoms with Crippen LogP contribution in [0.1, 0.15) is 6.42 Å². The van der Waals surface area contributed by atoms with Gasteiger partial charge in [-0.3, -0.25) is 14.3 Å². The Bertz CT molecular complexity index is 138. The summed E-state index contributed by atoms with van der Waals surface area (Å²) in [4.78, 5) is 19.9. The summed E-state index contributed by atoms with van der Waals surface area (Å²) in [5.74, 6) is -1.92. The molecule has 1 atom stereocenters. The second kappa shape index (κ2) is 4.68. The highest BCUT2D eigenvalue weighted by atomic mass is 19.0. The monoisotopic (exact) mass is 152 g/mol. The van der Waals surface area contributed by atoms with Gasteiger partial charge in [-0.25, -0.2) is 0 Å². The van der Waals surface area contributed by atoms with Crippen LogP contribution in [0, 0.1) is 0 Å². The molecule has 0 aromatic rings. The molecular formula is C4H9FN2O3. The van der Waals surface area contributed by atoms with Crippen molar-refractivity contribution < 1.29 is 19.4 Å². The van der Waals surface area contributed by atoms with Crippen LogP contribution >= 0.6 is 0 Å². The largest absolute Gasteiger partial charge is 0.480 e. The number of aliphatic carboxylic acids is 1. The number of amides is 1. The maximum absolute atomic E-state index is 9.99. The maximum Gasteiger partial charge on any atom is 0.321 e. The molecule has 6 heteroatoms. The van der Waals surface area contributed by atoms with E-state index in [0.29, 0.717) is 0 Å². The summed E-state index contributed by atoms with van der Waals surface area (Å²) < 4.78 is 0. The van der Waals surface area contributed by atoms with Gasteiger partial charge in [-0.2, -0.15) is 0 Å². The molecule has 1 amide bonds. The van der Waals surface area contributed by atoms with Gasteiger partial charge in [0.2, 0.25) is 5.91 Å². The fourth-order valence-corrected chi connectivity index (χ4v) is 0.304. The first-order valence-corrected chi connectivity index (χ1v) is 2.30. The van der Waals surface area contributed by atoms with E-state index in [0.717, 1.165) is 0 Å². The highest BCUT2D eigenvalue weighted by Gasteiger charge is 2.13. The Hall–Kier alpha value is -1.17. The Labute approximate surface area is 56.4 Å². The van der Waals surface area contributed by atoms with E-state index < -0.39 is 17.9 Å². The molecule has 0 aromatic heterocycles. The van der Waals surface area contributed by atoms with E-state index in [1.54, 1.807) is 0 Å². The van der Waals surface area contributed by atoms with Crippen LogP contribution < -0.4 is 11.5 Å². The lowest BCUT2D eigenvalue weighted by Gasteiger charge is -1.99. The first-order chi connectivity index (χ1) is 4.04. The van der Waals surface area contributed by atoms with Crippen molar-refractivity contribution in [3.8, 4) is 0 Å². The predicted molar refractivity (Wildman–Crippen MR) is 31.9 cm³/mol. The number of hydrogen-bond acceptors (Lipinski definition) is 3. The SMILES string of the molecule is F.NC(=O)CC(N)C(=O)O. The van der Waals surface area contributed by atoms with Crippen molar-refractivity contribution in [2.45, 2.75) is 12.5 Å². The number of rotatable bonds is 3. The second-order valence-electron chi connectivity index (χ2n) is 1.62. The number of carbonyl (C=O) groups is 2. The quantitative estimate of drug-likeness (QED) is 0.454. The number of nitrogens with two attached hydrogens (primary N) is 2. The second-order valence-corrected chi connectivity index (χ2v) is 1.62. The molecule has 10 heavy (non-hydrogen) atoms. The van der Waals surface area contributed by atoms with E-state index in [4.69, 9.17) is 10.8 Å². The van der Waals surface area contributed by atoms with Gasteiger partial charge >= 0.3 is 5.97 Å². The van der Waals surface area contributed by atoms with E-state index in [2.05, 4.69) is 5.73 Å². The number of hydrogen-bond donors (Lipinski definition) is 3. The molecule has 0 aromatic carbocycles. The van der Waals surface area contributed by atoms with Gasteiger partial charge < -0.3 is 16.6 Å². The smallest absolute Gasteiger partial charge is 0.321 e. The Balaban J connectivity index is 0. The maximum atomic E-state index is 9.99. The molecule has 1 unspecified atom stereocenters. The standard InChI is InChI=1S/C4H8N2O3.FH/c5-2(4(8)9)1-3(6)7;/h2H,1,5H2,(H2,6,7)(H,8,9);1H. The molecular weight excluding hydrogens is 143 g/mol. The first-order valence-electron chi connectivity index (χ1n) is 2.30. The minimum Gasteiger partial charge on any atom is -0.480 e. The van der Waals surface area contributed by atoms with Crippen molar-refractivity contribution in [1.29, 1.82) is 0 Å². The molecule has 0 aliphatic carbocycles. The van der Waals surface area contributed by atoms with Gasteiger partial charge in [0.05, 0.1) is 6.42 Å². The number of carboxylic acid groups (broad SMARTS) is 1. The fraction of sp³-hybridized carbons (Fsp3) is 0.500. The molecule has 0 fully saturated rings. The van der Waals surface area contributed by atoms with Gasteiger partial charge in [0.25, 0.3) is 0 Å². The normalized spacial score (nSPS) is 11.3. The minimum absolute atomic E-state index is 0. The predicted octanol–water partition coefficient (Wildman–Crippen LogP) is -1.57. The van der Waals surface area contributed by atoms with Crippen LogP contribution in [-0.4, -0.2) is 23.0 Å². The highest BCUT2D eigenvalue weighted by Crippen LogP contribution is 1.84. The van der Waals surface area contributed by atoms with Gasteiger partial charge in [-0.05, 0) is 0 Å². The number of primary amides is 1. The van der Waals surface area contributed by atoms with Crippen molar-refractivity contribution >= 4 is 11.9 Å². The summed E-state index contributed by atoms with van der Waals surface area (Å²) in [7, 11) is 0. The highest BCUT2D eigenvalue weighted by molar-refractivity contribution is 5.82. The molecule has 0 aliphatic heterocycles. The summed E-state index contributed by atoms with van der Waals surface area (Å²) in [5, 5.41) is 8.10. The zero-order chi connectivity index (χ0) is 7.44. The Morgan fingerprint density at radius 2 is 1.90 bits per heavy atom. The van der Waals surface area contributed by atoms with E-state index >= 15 is 0 Å². The first kappa shape index (κ1) is 11.6. The van der Waals surface area contributed by atoms with Crippen molar-refractivity contribution in [2.75, 3.05) is 0 Å². The average molecular weight is 152 g/mol. The lowest BCUT2D eigenvalue weighted by atomic mass is 10.2. The van der Waals surface area contributed by atoms with Gasteiger partial charge in [0.1, 0.15) is 6.04 Å². The molecule has 5 N–H and O–H groups in total. The van der Waals surface area contributed by atoms with Crippen LogP contribution in [0.25, 0.3) is 0 Å². The average Bonchev–Trinajstić information content (AvgIpc) is 1.63. The molecule has 0 radical (unpaired) electrons. The molecule has 0 saturated carbocycles. The summed E-state index contributed by atoms with van der Waals surface area (Å²) in [6, 6.07) is -1.16. The lowest BCUT2D eigenvalue weighted by molar-refractivity contribution is -0.140. The van der Waals surface area contributed by atoms with Crippen LogP contribution in [0.4, 0.5) is 4.70 Å². The number of carbonyl (C=O) groups excluding carboxylic acids is 1. The third-order valence-corrected chi connectivity index (χ3v) is 0.738. The van der Waals surface area contributed by atoms with E-state index in [-0.39, 0.29) is 11.1 Å². The third-order valence-electron chi connectivity index (χ3n) is 0.738. The molecule has 0 heterocycles. The summed E-state index contributed by atoms with van der Waals surface area (Å²) >= 11 is 0. The lowest BCUT2D eigenvalue weighted by Crippen LogP contribution is -2.34. The summed E-state index contributed by atoms with van der Waals surface area (Å²) in [6.45, 7) is 0. The van der Waals surface area contributed by atoms with Gasteiger partial charge in [-0.15, -0.1) is 0 Å². The van der Waals surface area contributed by atoms with Gasteiger partial charge in [-0.1, -0.05) is 0 Å². The van der Waals surface area contributed by atoms with Crippen LogP contribution in [-0.2, 0) is 9.59 Å². The third kappa shape index (κ3) is 4.98. The van der Waals surface area contributed by atoms with Crippen LogP contribution in [0.5, 0.6) is 0 Å². The molecule has 0 saturated heterocycles. The zero-order valence-electron chi connectivity index (χ0n) is 5.11. The van der Waals surface area contributed by atoms with Crippen LogP contribution in [0.3, 0.4) is 0 Å². The number of halogens is 1. The molecule has 0 bridgehead atoms. The molecule has 60 valence electrons.